The number of benzene rings is 1. The van der Waals surface area contributed by atoms with Gasteiger partial charge in [-0.25, -0.2) is 13.6 Å². The van der Waals surface area contributed by atoms with Crippen molar-refractivity contribution in [3.05, 3.63) is 47.0 Å². The molecule has 0 aromatic heterocycles. The lowest BCUT2D eigenvalue weighted by Crippen LogP contribution is -2.32. The molecule has 1 unspecified atom stereocenters. The molecule has 2 saturated carbocycles. The van der Waals surface area contributed by atoms with Gasteiger partial charge in [0.1, 0.15) is 0 Å². The largest absolute Gasteiger partial charge is 0.462 e. The van der Waals surface area contributed by atoms with E-state index < -0.39 is 24.2 Å². The second-order valence-electron chi connectivity index (χ2n) is 11.3. The molecule has 1 aromatic carbocycles. The molecule has 1 aromatic rings. The molecular formula is C31H46F2O4. The van der Waals surface area contributed by atoms with Crippen LogP contribution in [0.2, 0.25) is 0 Å². The summed E-state index contributed by atoms with van der Waals surface area (Å²) in [5.74, 6) is 0.203. The molecule has 0 bridgehead atoms. The van der Waals surface area contributed by atoms with Gasteiger partial charge in [-0.15, -0.1) is 0 Å². The molecule has 1 N–H and O–H groups in total. The van der Waals surface area contributed by atoms with E-state index in [4.69, 9.17) is 14.6 Å². The zero-order valence-corrected chi connectivity index (χ0v) is 22.8. The maximum atomic E-state index is 14.9. The molecular weight excluding hydrogens is 474 g/mol. The van der Waals surface area contributed by atoms with Crippen molar-refractivity contribution in [2.75, 3.05) is 26.9 Å². The summed E-state index contributed by atoms with van der Waals surface area (Å²) < 4.78 is 40.4. The maximum absolute atomic E-state index is 14.9. The molecule has 0 spiro atoms. The number of hydrogen-bond acceptors (Lipinski definition) is 4. The van der Waals surface area contributed by atoms with E-state index in [0.29, 0.717) is 41.9 Å². The van der Waals surface area contributed by atoms with E-state index in [2.05, 4.69) is 13.5 Å². The minimum absolute atomic E-state index is 0.0704. The van der Waals surface area contributed by atoms with Gasteiger partial charge in [-0.2, -0.15) is 0 Å². The van der Waals surface area contributed by atoms with Crippen LogP contribution in [-0.2, 0) is 20.7 Å². The third kappa shape index (κ3) is 8.10. The Bertz CT molecular complexity index is 870. The number of rotatable bonds is 13. The van der Waals surface area contributed by atoms with Gasteiger partial charge in [-0.05, 0) is 99.0 Å². The highest BCUT2D eigenvalue weighted by Gasteiger charge is 2.35. The molecule has 3 rings (SSSR count). The van der Waals surface area contributed by atoms with Gasteiger partial charge in [-0.1, -0.05) is 38.5 Å². The van der Waals surface area contributed by atoms with Crippen LogP contribution in [0.15, 0.2) is 24.3 Å². The van der Waals surface area contributed by atoms with Gasteiger partial charge in [0.2, 0.25) is 0 Å². The molecule has 2 aliphatic rings. The number of aliphatic hydroxyl groups is 1. The Kier molecular flexibility index (Phi) is 12.0. The number of ether oxygens (including phenoxy) is 2. The minimum atomic E-state index is -0.633. The van der Waals surface area contributed by atoms with Crippen molar-refractivity contribution in [3.63, 3.8) is 0 Å². The van der Waals surface area contributed by atoms with Crippen LogP contribution in [0.3, 0.4) is 0 Å². The Morgan fingerprint density at radius 3 is 2.24 bits per heavy atom. The first-order valence-electron chi connectivity index (χ1n) is 14.3. The van der Waals surface area contributed by atoms with Gasteiger partial charge in [0.25, 0.3) is 0 Å². The molecule has 0 radical (unpaired) electrons. The van der Waals surface area contributed by atoms with Crippen LogP contribution >= 0.6 is 0 Å². The van der Waals surface area contributed by atoms with E-state index in [-0.39, 0.29) is 24.0 Å². The highest BCUT2D eigenvalue weighted by Crippen LogP contribution is 2.45. The number of halogens is 2. The molecule has 0 saturated heterocycles. The van der Waals surface area contributed by atoms with Crippen molar-refractivity contribution in [2.45, 2.75) is 89.9 Å². The summed E-state index contributed by atoms with van der Waals surface area (Å²) in [6.07, 6.45) is 12.1. The standard InChI is InChI=1S/C31H46F2O4/c1-4-5-6-7-26-16-17-28(30(33)29(26)32)25-14-12-23(13-15-25)22-8-10-24(11-9-22)27(19-36-3)20-37-31(35)21(2)18-34/h16-17,22-25,27,34H,2,4-15,18-20H2,1,3H3. The molecule has 4 nitrogen and oxygen atoms in total. The Morgan fingerprint density at radius 1 is 1.00 bits per heavy atom. The van der Waals surface area contributed by atoms with E-state index in [0.717, 1.165) is 70.6 Å². The molecule has 2 fully saturated rings. The first-order valence-corrected chi connectivity index (χ1v) is 14.3. The Hall–Kier alpha value is -1.79. The number of esters is 1. The van der Waals surface area contributed by atoms with Crippen molar-refractivity contribution in [1.29, 1.82) is 0 Å². The number of aliphatic hydroxyl groups excluding tert-OH is 1. The molecule has 37 heavy (non-hydrogen) atoms. The lowest BCUT2D eigenvalue weighted by atomic mass is 9.67. The molecule has 6 heteroatoms. The van der Waals surface area contributed by atoms with Crippen molar-refractivity contribution >= 4 is 5.97 Å². The molecule has 2 aliphatic carbocycles. The van der Waals surface area contributed by atoms with E-state index in [9.17, 15) is 13.6 Å². The quantitative estimate of drug-likeness (QED) is 0.171. The predicted octanol–water partition coefficient (Wildman–Crippen LogP) is 7.13. The third-order valence-corrected chi connectivity index (χ3v) is 8.89. The van der Waals surface area contributed by atoms with Crippen LogP contribution in [0, 0.1) is 35.3 Å². The normalized spacial score (nSPS) is 25.0. The lowest BCUT2D eigenvalue weighted by molar-refractivity contribution is -0.142. The smallest absolute Gasteiger partial charge is 0.335 e. The molecule has 0 amide bonds. The average Bonchev–Trinajstić information content (AvgIpc) is 2.93. The van der Waals surface area contributed by atoms with Gasteiger partial charge in [0, 0.05) is 13.0 Å². The number of aryl methyl sites for hydroxylation is 1. The van der Waals surface area contributed by atoms with Crippen LogP contribution < -0.4 is 0 Å². The number of unbranched alkanes of at least 4 members (excludes halogenated alkanes) is 2. The molecule has 0 heterocycles. The fourth-order valence-electron chi connectivity index (χ4n) is 6.55. The van der Waals surface area contributed by atoms with Crippen molar-refractivity contribution < 1.29 is 28.2 Å². The van der Waals surface area contributed by atoms with Crippen LogP contribution in [0.4, 0.5) is 8.78 Å². The first kappa shape index (κ1) is 29.8. The van der Waals surface area contributed by atoms with Crippen molar-refractivity contribution in [2.24, 2.45) is 23.7 Å². The zero-order chi connectivity index (χ0) is 26.8. The second kappa shape index (κ2) is 15.0. The Morgan fingerprint density at radius 2 is 1.65 bits per heavy atom. The number of hydrogen-bond donors (Lipinski definition) is 1. The first-order chi connectivity index (χ1) is 17.9. The van der Waals surface area contributed by atoms with Gasteiger partial charge in [-0.3, -0.25) is 0 Å². The summed E-state index contributed by atoms with van der Waals surface area (Å²) in [7, 11) is 1.67. The summed E-state index contributed by atoms with van der Waals surface area (Å²) in [5, 5.41) is 9.07. The third-order valence-electron chi connectivity index (χ3n) is 8.89. The SMILES string of the molecule is C=C(CO)C(=O)OCC(COC)C1CCC(C2CCC(c3ccc(CCCCC)c(F)c3F)CC2)CC1. The van der Waals surface area contributed by atoms with Crippen LogP contribution in [0.25, 0.3) is 0 Å². The van der Waals surface area contributed by atoms with E-state index >= 15 is 0 Å². The lowest BCUT2D eigenvalue weighted by Gasteiger charge is -2.39. The zero-order valence-electron chi connectivity index (χ0n) is 22.8. The highest BCUT2D eigenvalue weighted by atomic mass is 19.2. The average molecular weight is 521 g/mol. The van der Waals surface area contributed by atoms with Crippen molar-refractivity contribution in [3.8, 4) is 0 Å². The monoisotopic (exact) mass is 520 g/mol. The minimum Gasteiger partial charge on any atom is -0.462 e. The van der Waals surface area contributed by atoms with Gasteiger partial charge in [0.05, 0.1) is 25.4 Å². The summed E-state index contributed by atoms with van der Waals surface area (Å²) in [6, 6.07) is 3.65. The molecule has 208 valence electrons. The van der Waals surface area contributed by atoms with Gasteiger partial charge in [0.15, 0.2) is 11.6 Å². The number of methoxy groups -OCH3 is 1. The van der Waals surface area contributed by atoms with E-state index in [1.165, 1.54) is 0 Å². The predicted molar refractivity (Wildman–Crippen MR) is 142 cm³/mol. The Balaban J connectivity index is 1.48. The van der Waals surface area contributed by atoms with Crippen LogP contribution in [-0.4, -0.2) is 38.0 Å². The Labute approximate surface area is 221 Å². The fourth-order valence-corrected chi connectivity index (χ4v) is 6.55. The van der Waals surface area contributed by atoms with Crippen LogP contribution in [0.1, 0.15) is 94.6 Å². The topological polar surface area (TPSA) is 55.8 Å². The summed E-state index contributed by atoms with van der Waals surface area (Å²) in [5.41, 5.74) is 1.15. The summed E-state index contributed by atoms with van der Waals surface area (Å²) >= 11 is 0. The molecule has 0 aliphatic heterocycles. The summed E-state index contributed by atoms with van der Waals surface area (Å²) in [6.45, 7) is 6.07. The van der Waals surface area contributed by atoms with E-state index in [1.807, 2.05) is 12.1 Å². The maximum Gasteiger partial charge on any atom is 0.335 e. The second-order valence-corrected chi connectivity index (χ2v) is 11.3. The fraction of sp³-hybridized carbons (Fsp3) is 0.710. The number of carbonyl (C=O) groups is 1. The summed E-state index contributed by atoms with van der Waals surface area (Å²) in [4.78, 5) is 11.9. The number of carbonyl (C=O) groups excluding carboxylic acids is 1. The van der Waals surface area contributed by atoms with Crippen LogP contribution in [0.5, 0.6) is 0 Å². The van der Waals surface area contributed by atoms with Gasteiger partial charge >= 0.3 is 5.97 Å². The highest BCUT2D eigenvalue weighted by molar-refractivity contribution is 5.87. The molecule has 1 atom stereocenters. The van der Waals surface area contributed by atoms with Gasteiger partial charge < -0.3 is 14.6 Å². The van der Waals surface area contributed by atoms with Crippen molar-refractivity contribution in [1.82, 2.24) is 0 Å². The van der Waals surface area contributed by atoms with E-state index in [1.54, 1.807) is 7.11 Å².